The van der Waals surface area contributed by atoms with Crippen LogP contribution >= 0.6 is 19.0 Å². The van der Waals surface area contributed by atoms with Crippen LogP contribution in [0.1, 0.15) is 0 Å². The van der Waals surface area contributed by atoms with E-state index >= 15 is 0 Å². The Morgan fingerprint density at radius 2 is 1.83 bits per heavy atom. The van der Waals surface area contributed by atoms with Crippen LogP contribution in [0.4, 0.5) is 0 Å². The van der Waals surface area contributed by atoms with E-state index in [0.717, 1.165) is 0 Å². The van der Waals surface area contributed by atoms with E-state index in [1.807, 2.05) is 19.0 Å². The molecule has 0 spiro atoms. The number of hydrogen-bond acceptors (Lipinski definition) is 2. The summed E-state index contributed by atoms with van der Waals surface area (Å²) in [7, 11) is 0. The Hall–Kier alpha value is 0.670. The summed E-state index contributed by atoms with van der Waals surface area (Å²) in [4.78, 5) is 8.36. The Bertz CT molecular complexity index is 33.8. The third-order valence-corrected chi connectivity index (χ3v) is 0. The monoisotopic (exact) mass is 297 g/mol. The standard InChI is InChI=1S/Ag.HI.HNO3/c;;2-1(3)4/h;1H;(H,2,3,4)/q+1;;/p-1. The molecule has 0 radical (unpaired) electrons. The Morgan fingerprint density at radius 3 is 1.83 bits per heavy atom. The van der Waals surface area contributed by atoms with Gasteiger partial charge in [-0.25, -0.2) is 0 Å². The molecular weight excluding hydrogens is 297 g/mol. The first-order chi connectivity index (χ1) is 2.73. The molecule has 0 aliphatic carbocycles. The Morgan fingerprint density at radius 1 is 1.83 bits per heavy atom. The minimum absolute atomic E-state index is 1.50. The molecule has 0 saturated heterocycles. The fraction of sp³-hybridized carbons (Fsp3) is 0. The summed E-state index contributed by atoms with van der Waals surface area (Å²) < 4.78 is 0. The molecule has 1 N–H and O–H groups in total. The number of nitrogens with zero attached hydrogens (tertiary/aromatic N) is 1. The summed E-state index contributed by atoms with van der Waals surface area (Å²) in [5.74, 6) is 0. The van der Waals surface area contributed by atoms with E-state index in [4.69, 9.17) is 15.3 Å². The van der Waals surface area contributed by atoms with Crippen molar-refractivity contribution in [2.45, 2.75) is 0 Å². The van der Waals surface area contributed by atoms with Crippen molar-refractivity contribution in [3.05, 3.63) is 10.1 Å². The topological polar surface area (TPSA) is 63.4 Å². The van der Waals surface area contributed by atoms with E-state index in [2.05, 4.69) is 17.3 Å². The molecule has 6 heteroatoms. The van der Waals surface area contributed by atoms with Gasteiger partial charge < -0.3 is 5.21 Å². The predicted octanol–water partition coefficient (Wildman–Crippen LogP) is 0.536. The van der Waals surface area contributed by atoms with Crippen molar-refractivity contribution in [3.8, 4) is 0 Å². The van der Waals surface area contributed by atoms with Gasteiger partial charge in [0.05, 0.1) is 0 Å². The molecule has 4 nitrogen and oxygen atoms in total. The van der Waals surface area contributed by atoms with Crippen molar-refractivity contribution in [2.75, 3.05) is 0 Å². The van der Waals surface area contributed by atoms with Gasteiger partial charge in [0.1, 0.15) is 0 Å². The van der Waals surface area contributed by atoms with E-state index < -0.39 is 5.09 Å². The molecule has 0 heterocycles. The van der Waals surface area contributed by atoms with Gasteiger partial charge in [0.25, 0.3) is 5.09 Å². The third-order valence-electron chi connectivity index (χ3n) is 0. The molecular formula is HAgINO3. The van der Waals surface area contributed by atoms with E-state index in [-0.39, 0.29) is 0 Å². The summed E-state index contributed by atoms with van der Waals surface area (Å²) in [5.41, 5.74) is 0. The minimum atomic E-state index is -1.50. The van der Waals surface area contributed by atoms with Crippen molar-refractivity contribution < 1.29 is 27.5 Å². The van der Waals surface area contributed by atoms with Gasteiger partial charge in [0.2, 0.25) is 0 Å². The summed E-state index contributed by atoms with van der Waals surface area (Å²) in [6.07, 6.45) is 0. The third kappa shape index (κ3) is 140. The molecule has 6 heavy (non-hydrogen) atoms. The fourth-order valence-electron chi connectivity index (χ4n) is 0. The van der Waals surface area contributed by atoms with Crippen LogP contribution in [0.2, 0.25) is 0 Å². The summed E-state index contributed by atoms with van der Waals surface area (Å²) in [5, 5.41) is 13.6. The maximum atomic E-state index is 8.36. The van der Waals surface area contributed by atoms with E-state index in [1.165, 1.54) is 0 Å². The molecule has 0 amide bonds. The average molecular weight is 298 g/mol. The normalized spacial score (nSPS) is 5.17. The first-order valence-corrected chi connectivity index (χ1v) is 5.09. The molecule has 0 rings (SSSR count). The van der Waals surface area contributed by atoms with Crippen LogP contribution in [0.5, 0.6) is 0 Å². The Labute approximate surface area is 56.5 Å². The number of rotatable bonds is 0. The van der Waals surface area contributed by atoms with Crippen LogP contribution in [0.3, 0.4) is 0 Å². The molecule has 0 aliphatic heterocycles. The average Bonchev–Trinajstić information content (AvgIpc) is 1.41. The van der Waals surface area contributed by atoms with E-state index in [1.54, 1.807) is 0 Å². The zero-order valence-corrected chi connectivity index (χ0v) is 6.03. The van der Waals surface area contributed by atoms with Crippen LogP contribution < -0.4 is 0 Å². The molecule has 0 fully saturated rings. The molecule has 0 aromatic carbocycles. The van der Waals surface area contributed by atoms with Crippen LogP contribution in [0.15, 0.2) is 0 Å². The van der Waals surface area contributed by atoms with Gasteiger partial charge in [-0.05, 0) is 0 Å². The fourth-order valence-corrected chi connectivity index (χ4v) is 0. The summed E-state index contributed by atoms with van der Waals surface area (Å²) in [6.45, 7) is 0. The van der Waals surface area contributed by atoms with Gasteiger partial charge in [-0.15, -0.1) is 10.1 Å². The van der Waals surface area contributed by atoms with Crippen LogP contribution in [-0.4, -0.2) is 10.3 Å². The van der Waals surface area contributed by atoms with Crippen molar-refractivity contribution in [1.82, 2.24) is 0 Å². The summed E-state index contributed by atoms with van der Waals surface area (Å²) in [6, 6.07) is 0. The molecule has 0 aromatic rings. The first kappa shape index (κ1) is 9.83. The van der Waals surface area contributed by atoms with Crippen molar-refractivity contribution in [2.24, 2.45) is 0 Å². The molecule has 0 aromatic heterocycles. The van der Waals surface area contributed by atoms with Crippen molar-refractivity contribution >= 4 is 19.0 Å². The second kappa shape index (κ2) is 9.18. The van der Waals surface area contributed by atoms with Gasteiger partial charge in [0.15, 0.2) is 0 Å². The first-order valence-electron chi connectivity index (χ1n) is 0.679. The molecule has 42 valence electrons. The second-order valence-corrected chi connectivity index (χ2v) is 0.238. The number of halogens is 1. The SMILES string of the molecule is O=[N+]([O-])O.[Ag][I]. The van der Waals surface area contributed by atoms with Crippen LogP contribution in [0, 0.1) is 10.1 Å². The predicted molar refractivity (Wildman–Crippen MR) is 22.8 cm³/mol. The molecule has 0 atom stereocenters. The maximum absolute atomic E-state index is 8.36. The number of hydrogen-bond donors (Lipinski definition) is 1. The van der Waals surface area contributed by atoms with Gasteiger partial charge in [-0.3, -0.25) is 0 Å². The zero-order valence-electron chi connectivity index (χ0n) is 2.39. The summed E-state index contributed by atoms with van der Waals surface area (Å²) >= 11 is 4.88. The molecule has 0 bridgehead atoms. The molecule has 0 saturated carbocycles. The van der Waals surface area contributed by atoms with Gasteiger partial charge in [-0.1, -0.05) is 0 Å². The van der Waals surface area contributed by atoms with Gasteiger partial charge >= 0.3 is 36.3 Å². The van der Waals surface area contributed by atoms with Gasteiger partial charge in [0, 0.05) is 0 Å². The van der Waals surface area contributed by atoms with E-state index in [9.17, 15) is 0 Å². The van der Waals surface area contributed by atoms with Crippen molar-refractivity contribution in [1.29, 1.82) is 0 Å². The van der Waals surface area contributed by atoms with Crippen LogP contribution in [0.25, 0.3) is 0 Å². The molecule has 0 unspecified atom stereocenters. The molecule has 0 aliphatic rings. The van der Waals surface area contributed by atoms with Gasteiger partial charge in [-0.2, -0.15) is 0 Å². The van der Waals surface area contributed by atoms with E-state index in [0.29, 0.717) is 0 Å². The Kier molecular flexibility index (Phi) is 15.0. The Balaban J connectivity index is 0. The van der Waals surface area contributed by atoms with Crippen molar-refractivity contribution in [3.63, 3.8) is 0 Å². The van der Waals surface area contributed by atoms with Crippen LogP contribution in [-0.2, 0) is 17.3 Å². The zero-order chi connectivity index (χ0) is 5.58. The second-order valence-electron chi connectivity index (χ2n) is 0.238. The quantitative estimate of drug-likeness (QED) is 0.307.